The second-order valence-electron chi connectivity index (χ2n) is 4.73. The number of hydrogen-bond donors (Lipinski definition) is 7. The molecular formula is C9H17N3O8P2. The number of rotatable bonds is 9. The van der Waals surface area contributed by atoms with Crippen LogP contribution in [0.4, 0.5) is 0 Å². The molecular weight excluding hydrogens is 340 g/mol. The number of nitrogens with one attached hydrogen (secondary N) is 2. The molecule has 0 amide bonds. The minimum atomic E-state index is -4.58. The minimum absolute atomic E-state index is 0.0891. The Labute approximate surface area is 125 Å². The first-order valence-corrected chi connectivity index (χ1v) is 9.61. The molecule has 11 nitrogen and oxygen atoms in total. The maximum Gasteiger partial charge on any atom is 0.327 e. The molecule has 1 aromatic rings. The number of aliphatic carboxylic acids is 1. The number of H-pyrrole nitrogens is 1. The van der Waals surface area contributed by atoms with Gasteiger partial charge in [0.2, 0.25) is 0 Å². The second-order valence-corrected chi connectivity index (χ2v) is 8.12. The monoisotopic (exact) mass is 357 g/mol. The average molecular weight is 357 g/mol. The van der Waals surface area contributed by atoms with Crippen LogP contribution in [0.1, 0.15) is 5.69 Å². The molecule has 1 unspecified atom stereocenters. The summed E-state index contributed by atoms with van der Waals surface area (Å²) in [5.74, 6) is -1.32. The Morgan fingerprint density at radius 3 is 2.14 bits per heavy atom. The van der Waals surface area contributed by atoms with Gasteiger partial charge in [0, 0.05) is 24.4 Å². The van der Waals surface area contributed by atoms with Gasteiger partial charge in [-0.1, -0.05) is 0 Å². The van der Waals surface area contributed by atoms with Crippen molar-refractivity contribution in [1.82, 2.24) is 15.3 Å². The summed E-state index contributed by atoms with van der Waals surface area (Å²) < 4.78 is 22.1. The minimum Gasteiger partial charge on any atom is -0.480 e. The number of carbonyl (C=O) groups is 1. The van der Waals surface area contributed by atoms with Gasteiger partial charge in [-0.3, -0.25) is 19.2 Å². The van der Waals surface area contributed by atoms with Crippen LogP contribution < -0.4 is 5.32 Å². The Morgan fingerprint density at radius 2 is 1.77 bits per heavy atom. The number of nitrogens with zero attached hydrogens (tertiary/aromatic N) is 1. The first-order chi connectivity index (χ1) is 9.96. The molecule has 126 valence electrons. The van der Waals surface area contributed by atoms with E-state index in [0.717, 1.165) is 0 Å². The fourth-order valence-electron chi connectivity index (χ4n) is 1.86. The number of hydrogen-bond acceptors (Lipinski definition) is 5. The van der Waals surface area contributed by atoms with Gasteiger partial charge < -0.3 is 29.7 Å². The van der Waals surface area contributed by atoms with E-state index in [1.165, 1.54) is 12.5 Å². The smallest absolute Gasteiger partial charge is 0.327 e. The Balaban J connectivity index is 2.84. The molecule has 0 radical (unpaired) electrons. The summed E-state index contributed by atoms with van der Waals surface area (Å²) in [5, 5.41) is 11.5. The summed E-state index contributed by atoms with van der Waals surface area (Å²) in [6.45, 7) is 0. The predicted octanol–water partition coefficient (Wildman–Crippen LogP) is -1.28. The highest BCUT2D eigenvalue weighted by Crippen LogP contribution is 2.40. The van der Waals surface area contributed by atoms with Gasteiger partial charge in [0.15, 0.2) is 0 Å². The summed E-state index contributed by atoms with van der Waals surface area (Å²) in [6, 6.07) is -2.64. The van der Waals surface area contributed by atoms with E-state index < -0.39 is 45.6 Å². The molecule has 1 rings (SSSR count). The summed E-state index contributed by atoms with van der Waals surface area (Å²) in [7, 11) is -9.17. The van der Waals surface area contributed by atoms with Crippen molar-refractivity contribution in [2.45, 2.75) is 18.5 Å². The molecule has 0 aliphatic rings. The number of carboxylic acid groups (broad SMARTS) is 1. The molecule has 13 heteroatoms. The SMILES string of the molecule is O=C(O)C(Cc1cnc[nH]1)NC(CP(=O)(O)O)CP(=O)(O)O. The Morgan fingerprint density at radius 1 is 1.23 bits per heavy atom. The number of aromatic amines is 1. The van der Waals surface area contributed by atoms with Crippen molar-refractivity contribution in [2.75, 3.05) is 12.3 Å². The highest BCUT2D eigenvalue weighted by Gasteiger charge is 2.31. The first kappa shape index (κ1) is 19.0. The maximum atomic E-state index is 11.2. The van der Waals surface area contributed by atoms with Crippen LogP contribution in [-0.4, -0.2) is 65.0 Å². The van der Waals surface area contributed by atoms with E-state index in [4.69, 9.17) is 24.7 Å². The molecule has 0 aliphatic heterocycles. The zero-order valence-electron chi connectivity index (χ0n) is 11.2. The van der Waals surface area contributed by atoms with Crippen LogP contribution in [0.5, 0.6) is 0 Å². The van der Waals surface area contributed by atoms with Crippen LogP contribution >= 0.6 is 15.2 Å². The molecule has 0 bridgehead atoms. The van der Waals surface area contributed by atoms with Gasteiger partial charge in [-0.2, -0.15) is 0 Å². The van der Waals surface area contributed by atoms with Gasteiger partial charge in [0.25, 0.3) is 0 Å². The molecule has 0 saturated carbocycles. The third kappa shape index (κ3) is 7.81. The van der Waals surface area contributed by atoms with Crippen molar-refractivity contribution in [3.8, 4) is 0 Å². The quantitative estimate of drug-likeness (QED) is 0.262. The van der Waals surface area contributed by atoms with Crippen molar-refractivity contribution >= 4 is 21.2 Å². The predicted molar refractivity (Wildman–Crippen MR) is 74.5 cm³/mol. The summed E-state index contributed by atoms with van der Waals surface area (Å²) >= 11 is 0. The summed E-state index contributed by atoms with van der Waals surface area (Å²) in [4.78, 5) is 53.4. The molecule has 0 spiro atoms. The highest BCUT2D eigenvalue weighted by atomic mass is 31.2. The van der Waals surface area contributed by atoms with Crippen molar-refractivity contribution < 1.29 is 38.6 Å². The van der Waals surface area contributed by atoms with Gasteiger partial charge in [-0.25, -0.2) is 4.98 Å². The van der Waals surface area contributed by atoms with E-state index in [9.17, 15) is 13.9 Å². The van der Waals surface area contributed by atoms with Crippen LogP contribution in [0.25, 0.3) is 0 Å². The standard InChI is InChI=1S/C9H17N3O8P2/c13-9(14)8(1-6-2-10-5-11-6)12-7(3-21(15,16)17)4-22(18,19)20/h2,5,7-8,12H,1,3-4H2,(H,10,11)(H,13,14)(H2,15,16,17)(H2,18,19,20). The molecule has 0 aliphatic carbocycles. The fourth-order valence-corrected chi connectivity index (χ4v) is 3.68. The van der Waals surface area contributed by atoms with Crippen molar-refractivity contribution in [2.24, 2.45) is 0 Å². The van der Waals surface area contributed by atoms with E-state index in [-0.39, 0.29) is 6.42 Å². The number of imidazole rings is 1. The number of aromatic nitrogens is 2. The van der Waals surface area contributed by atoms with Crippen LogP contribution in [0.3, 0.4) is 0 Å². The van der Waals surface area contributed by atoms with Gasteiger partial charge in [-0.15, -0.1) is 0 Å². The Kier molecular flexibility index (Phi) is 6.45. The fraction of sp³-hybridized carbons (Fsp3) is 0.556. The lowest BCUT2D eigenvalue weighted by molar-refractivity contribution is -0.139. The Hall–Kier alpha value is -1.06. The van der Waals surface area contributed by atoms with Crippen LogP contribution in [0.15, 0.2) is 12.5 Å². The lowest BCUT2D eigenvalue weighted by Crippen LogP contribution is -2.47. The molecule has 0 fully saturated rings. The average Bonchev–Trinajstić information content (AvgIpc) is 2.75. The molecule has 0 saturated heterocycles. The van der Waals surface area contributed by atoms with Gasteiger partial charge >= 0.3 is 21.2 Å². The van der Waals surface area contributed by atoms with Crippen molar-refractivity contribution in [1.29, 1.82) is 0 Å². The first-order valence-electron chi connectivity index (χ1n) is 6.01. The molecule has 1 aromatic heterocycles. The zero-order valence-corrected chi connectivity index (χ0v) is 13.0. The molecule has 7 N–H and O–H groups in total. The molecule has 1 atom stereocenters. The molecule has 22 heavy (non-hydrogen) atoms. The lowest BCUT2D eigenvalue weighted by Gasteiger charge is -2.23. The largest absolute Gasteiger partial charge is 0.480 e. The van der Waals surface area contributed by atoms with Crippen LogP contribution in [-0.2, 0) is 20.3 Å². The van der Waals surface area contributed by atoms with Crippen LogP contribution in [0.2, 0.25) is 0 Å². The van der Waals surface area contributed by atoms with Gasteiger partial charge in [0.05, 0.1) is 18.7 Å². The van der Waals surface area contributed by atoms with E-state index in [0.29, 0.717) is 5.69 Å². The Bertz CT molecular complexity index is 556. The lowest BCUT2D eigenvalue weighted by atomic mass is 10.1. The molecule has 0 aromatic carbocycles. The molecule has 1 heterocycles. The maximum absolute atomic E-state index is 11.2. The third-order valence-corrected chi connectivity index (χ3v) is 4.46. The van der Waals surface area contributed by atoms with E-state index in [2.05, 4.69) is 15.3 Å². The van der Waals surface area contributed by atoms with Crippen molar-refractivity contribution in [3.63, 3.8) is 0 Å². The highest BCUT2D eigenvalue weighted by molar-refractivity contribution is 7.53. The second kappa shape index (κ2) is 7.47. The van der Waals surface area contributed by atoms with E-state index in [1.54, 1.807) is 0 Å². The summed E-state index contributed by atoms with van der Waals surface area (Å²) in [6.07, 6.45) is 0.847. The van der Waals surface area contributed by atoms with Crippen molar-refractivity contribution in [3.05, 3.63) is 18.2 Å². The third-order valence-electron chi connectivity index (χ3n) is 2.63. The number of carboxylic acids is 1. The topological polar surface area (TPSA) is 193 Å². The zero-order chi connectivity index (χ0) is 17.0. The van der Waals surface area contributed by atoms with E-state index in [1.807, 2.05) is 0 Å². The van der Waals surface area contributed by atoms with Crippen LogP contribution in [0, 0.1) is 0 Å². The van der Waals surface area contributed by atoms with Gasteiger partial charge in [0.1, 0.15) is 6.04 Å². The van der Waals surface area contributed by atoms with Gasteiger partial charge in [-0.05, 0) is 0 Å². The van der Waals surface area contributed by atoms with E-state index >= 15 is 0 Å². The normalized spacial score (nSPS) is 14.2. The summed E-state index contributed by atoms with van der Waals surface area (Å²) in [5.41, 5.74) is 0.450.